The summed E-state index contributed by atoms with van der Waals surface area (Å²) in [4.78, 5) is 15.3. The van der Waals surface area contributed by atoms with Crippen molar-refractivity contribution in [2.45, 2.75) is 19.8 Å². The van der Waals surface area contributed by atoms with Gasteiger partial charge in [-0.1, -0.05) is 13.8 Å². The zero-order chi connectivity index (χ0) is 15.6. The Morgan fingerprint density at radius 2 is 1.95 bits per heavy atom. The molecule has 0 atom stereocenters. The van der Waals surface area contributed by atoms with Crippen molar-refractivity contribution in [1.29, 1.82) is 0 Å². The van der Waals surface area contributed by atoms with Gasteiger partial charge in [-0.15, -0.1) is 0 Å². The lowest BCUT2D eigenvalue weighted by Gasteiger charge is -2.11. The first-order chi connectivity index (χ1) is 9.86. The van der Waals surface area contributed by atoms with Gasteiger partial charge in [-0.05, 0) is 30.2 Å². The summed E-state index contributed by atoms with van der Waals surface area (Å²) < 4.78 is 26.7. The zero-order valence-electron chi connectivity index (χ0n) is 11.5. The predicted octanol–water partition coefficient (Wildman–Crippen LogP) is 3.93. The molecule has 2 aromatic rings. The fourth-order valence-electron chi connectivity index (χ4n) is 1.77. The Balaban J connectivity index is 2.43. The standard InChI is InChI=1S/C15H14F2N2O2/c1-8(2)12-5-9(15(20)21)6-14(18-12)19-13-7-10(16)3-4-11(13)17/h3-8H,1-2H3,(H,18,19)(H,20,21). The second kappa shape index (κ2) is 5.87. The number of nitrogens with zero attached hydrogens (tertiary/aromatic N) is 1. The van der Waals surface area contributed by atoms with Crippen LogP contribution in [0.4, 0.5) is 20.3 Å². The lowest BCUT2D eigenvalue weighted by atomic mass is 10.1. The molecule has 110 valence electrons. The highest BCUT2D eigenvalue weighted by Gasteiger charge is 2.12. The normalized spacial score (nSPS) is 10.7. The van der Waals surface area contributed by atoms with Crippen molar-refractivity contribution >= 4 is 17.5 Å². The molecule has 0 aliphatic rings. The van der Waals surface area contributed by atoms with Crippen LogP contribution in [-0.4, -0.2) is 16.1 Å². The van der Waals surface area contributed by atoms with Crippen LogP contribution in [0.2, 0.25) is 0 Å². The maximum atomic E-state index is 13.6. The molecular weight excluding hydrogens is 278 g/mol. The zero-order valence-corrected chi connectivity index (χ0v) is 11.5. The minimum absolute atomic E-state index is 0.00204. The summed E-state index contributed by atoms with van der Waals surface area (Å²) in [5.74, 6) is -2.20. The fraction of sp³-hybridized carbons (Fsp3) is 0.200. The quantitative estimate of drug-likeness (QED) is 0.896. The maximum absolute atomic E-state index is 13.6. The molecule has 0 amide bonds. The van der Waals surface area contributed by atoms with Crippen molar-refractivity contribution in [2.75, 3.05) is 5.32 Å². The summed E-state index contributed by atoms with van der Waals surface area (Å²) in [6.45, 7) is 3.72. The molecule has 21 heavy (non-hydrogen) atoms. The molecule has 1 aromatic heterocycles. The molecule has 0 aliphatic heterocycles. The van der Waals surface area contributed by atoms with Crippen LogP contribution < -0.4 is 5.32 Å². The van der Waals surface area contributed by atoms with E-state index < -0.39 is 17.6 Å². The second-order valence-corrected chi connectivity index (χ2v) is 4.87. The summed E-state index contributed by atoms with van der Waals surface area (Å²) in [6.07, 6.45) is 0. The van der Waals surface area contributed by atoms with Crippen LogP contribution in [0.3, 0.4) is 0 Å². The number of nitrogens with one attached hydrogen (secondary N) is 1. The van der Waals surface area contributed by atoms with Crippen LogP contribution in [0.5, 0.6) is 0 Å². The number of halogens is 2. The van der Waals surface area contributed by atoms with Crippen LogP contribution in [0.1, 0.15) is 35.8 Å². The van der Waals surface area contributed by atoms with Gasteiger partial charge < -0.3 is 10.4 Å². The van der Waals surface area contributed by atoms with Gasteiger partial charge in [-0.25, -0.2) is 18.6 Å². The van der Waals surface area contributed by atoms with Crippen molar-refractivity contribution in [3.05, 3.63) is 53.2 Å². The number of aromatic nitrogens is 1. The number of anilines is 2. The largest absolute Gasteiger partial charge is 0.478 e. The Kier molecular flexibility index (Phi) is 4.16. The van der Waals surface area contributed by atoms with Gasteiger partial charge in [0, 0.05) is 11.8 Å². The van der Waals surface area contributed by atoms with E-state index in [1.807, 2.05) is 13.8 Å². The average Bonchev–Trinajstić information content (AvgIpc) is 2.42. The molecule has 0 saturated heterocycles. The molecule has 2 N–H and O–H groups in total. The van der Waals surface area contributed by atoms with E-state index in [0.29, 0.717) is 5.69 Å². The summed E-state index contributed by atoms with van der Waals surface area (Å²) in [6, 6.07) is 5.71. The molecular formula is C15H14F2N2O2. The summed E-state index contributed by atoms with van der Waals surface area (Å²) in [5.41, 5.74) is 0.488. The van der Waals surface area contributed by atoms with Gasteiger partial charge in [0.15, 0.2) is 0 Å². The van der Waals surface area contributed by atoms with Crippen LogP contribution in [0.25, 0.3) is 0 Å². The van der Waals surface area contributed by atoms with E-state index in [2.05, 4.69) is 10.3 Å². The van der Waals surface area contributed by atoms with Gasteiger partial charge >= 0.3 is 5.97 Å². The lowest BCUT2D eigenvalue weighted by molar-refractivity contribution is 0.0696. The summed E-state index contributed by atoms with van der Waals surface area (Å²) >= 11 is 0. The van der Waals surface area contributed by atoms with E-state index in [0.717, 1.165) is 18.2 Å². The molecule has 0 spiro atoms. The number of aromatic carboxylic acids is 1. The van der Waals surface area contributed by atoms with Crippen molar-refractivity contribution < 1.29 is 18.7 Å². The third kappa shape index (κ3) is 3.53. The number of hydrogen-bond donors (Lipinski definition) is 2. The third-order valence-electron chi connectivity index (χ3n) is 2.87. The summed E-state index contributed by atoms with van der Waals surface area (Å²) in [7, 11) is 0. The highest BCUT2D eigenvalue weighted by atomic mass is 19.1. The Morgan fingerprint density at radius 1 is 1.24 bits per heavy atom. The van der Waals surface area contributed by atoms with Crippen molar-refractivity contribution in [1.82, 2.24) is 4.98 Å². The molecule has 0 radical (unpaired) electrons. The minimum atomic E-state index is -1.11. The maximum Gasteiger partial charge on any atom is 0.335 e. The first kappa shape index (κ1) is 14.9. The molecule has 0 unspecified atom stereocenters. The monoisotopic (exact) mass is 292 g/mol. The number of carbonyl (C=O) groups is 1. The number of carboxylic acids is 1. The number of rotatable bonds is 4. The smallest absolute Gasteiger partial charge is 0.335 e. The molecule has 2 rings (SSSR count). The van der Waals surface area contributed by atoms with Gasteiger partial charge in [0.05, 0.1) is 11.3 Å². The van der Waals surface area contributed by atoms with Crippen LogP contribution >= 0.6 is 0 Å². The number of carboxylic acid groups (broad SMARTS) is 1. The second-order valence-electron chi connectivity index (χ2n) is 4.87. The molecule has 1 aromatic carbocycles. The summed E-state index contributed by atoms with van der Waals surface area (Å²) in [5, 5.41) is 11.7. The molecule has 0 aliphatic carbocycles. The van der Waals surface area contributed by atoms with E-state index in [-0.39, 0.29) is 23.0 Å². The van der Waals surface area contributed by atoms with Gasteiger partial charge in [0.2, 0.25) is 0 Å². The number of hydrogen-bond acceptors (Lipinski definition) is 3. The van der Waals surface area contributed by atoms with Crippen LogP contribution in [0, 0.1) is 11.6 Å². The Labute approximate surface area is 120 Å². The van der Waals surface area contributed by atoms with Gasteiger partial charge in [0.25, 0.3) is 0 Å². The number of benzene rings is 1. The lowest BCUT2D eigenvalue weighted by Crippen LogP contribution is -2.05. The van der Waals surface area contributed by atoms with E-state index in [4.69, 9.17) is 5.11 Å². The van der Waals surface area contributed by atoms with Gasteiger partial charge in [-0.3, -0.25) is 0 Å². The van der Waals surface area contributed by atoms with Crippen molar-refractivity contribution in [2.24, 2.45) is 0 Å². The fourth-order valence-corrected chi connectivity index (χ4v) is 1.77. The highest BCUT2D eigenvalue weighted by Crippen LogP contribution is 2.23. The highest BCUT2D eigenvalue weighted by molar-refractivity contribution is 5.88. The molecule has 0 fully saturated rings. The molecule has 0 bridgehead atoms. The SMILES string of the molecule is CC(C)c1cc(C(=O)O)cc(Nc2cc(F)ccc2F)n1. The van der Waals surface area contributed by atoms with Crippen LogP contribution in [-0.2, 0) is 0 Å². The first-order valence-electron chi connectivity index (χ1n) is 6.34. The molecule has 1 heterocycles. The minimum Gasteiger partial charge on any atom is -0.478 e. The Hall–Kier alpha value is -2.50. The third-order valence-corrected chi connectivity index (χ3v) is 2.87. The van der Waals surface area contributed by atoms with Gasteiger partial charge in [0.1, 0.15) is 17.5 Å². The van der Waals surface area contributed by atoms with Crippen LogP contribution in [0.15, 0.2) is 30.3 Å². The predicted molar refractivity (Wildman–Crippen MR) is 74.9 cm³/mol. The average molecular weight is 292 g/mol. The van der Waals surface area contributed by atoms with E-state index in [9.17, 15) is 13.6 Å². The number of pyridine rings is 1. The van der Waals surface area contributed by atoms with E-state index >= 15 is 0 Å². The van der Waals surface area contributed by atoms with E-state index in [1.54, 1.807) is 0 Å². The van der Waals surface area contributed by atoms with Crippen molar-refractivity contribution in [3.8, 4) is 0 Å². The molecule has 0 saturated carbocycles. The van der Waals surface area contributed by atoms with Gasteiger partial charge in [-0.2, -0.15) is 0 Å². The van der Waals surface area contributed by atoms with E-state index in [1.165, 1.54) is 12.1 Å². The topological polar surface area (TPSA) is 62.2 Å². The Morgan fingerprint density at radius 3 is 2.57 bits per heavy atom. The molecule has 6 heteroatoms. The van der Waals surface area contributed by atoms with Crippen molar-refractivity contribution in [3.63, 3.8) is 0 Å². The first-order valence-corrected chi connectivity index (χ1v) is 6.34. The Bertz CT molecular complexity index is 687. The molecule has 4 nitrogen and oxygen atoms in total.